The van der Waals surface area contributed by atoms with Gasteiger partial charge in [0.2, 0.25) is 5.95 Å². The van der Waals surface area contributed by atoms with Crippen LogP contribution in [0.25, 0.3) is 0 Å². The largest absolute Gasteiger partial charge is 0.419 e. The summed E-state index contributed by atoms with van der Waals surface area (Å²) in [7, 11) is 30.2. The Morgan fingerprint density at radius 1 is 0.950 bits per heavy atom. The van der Waals surface area contributed by atoms with Gasteiger partial charge in [0.05, 0.1) is 5.56 Å². The van der Waals surface area contributed by atoms with Crippen molar-refractivity contribution in [2.24, 2.45) is 5.41 Å². The predicted octanol–water partition coefficient (Wildman–Crippen LogP) is -2.26. The lowest BCUT2D eigenvalue weighted by atomic mass is 9.59. The van der Waals surface area contributed by atoms with E-state index < -0.39 is 11.7 Å². The normalized spacial score (nSPS) is 23.1. The van der Waals surface area contributed by atoms with Crippen LogP contribution in [-0.4, -0.2) is 109 Å². The molecule has 198 valence electrons. The second-order valence-electron chi connectivity index (χ2n) is 11.5. The number of urea groups is 1. The number of rotatable bonds is 4. The van der Waals surface area contributed by atoms with Gasteiger partial charge in [-0.15, -0.1) is 27.3 Å². The van der Waals surface area contributed by atoms with Crippen molar-refractivity contribution in [3.05, 3.63) is 23.5 Å². The van der Waals surface area contributed by atoms with E-state index >= 15 is 0 Å². The molecule has 2 aromatic rings. The Morgan fingerprint density at radius 2 is 1.45 bits per heavy atom. The molecule has 3 fully saturated rings. The minimum atomic E-state index is -4.49. The Hall–Kier alpha value is -2.56. The number of carbonyl (C=O) groups excluding carboxylic acids is 1. The number of piperazine rings is 1. The summed E-state index contributed by atoms with van der Waals surface area (Å²) in [5.74, 6) is 0.218. The van der Waals surface area contributed by atoms with Crippen molar-refractivity contribution in [2.75, 3.05) is 31.1 Å². The van der Waals surface area contributed by atoms with E-state index in [1.807, 2.05) is 18.7 Å². The van der Waals surface area contributed by atoms with Crippen LogP contribution < -0.4 is 37.5 Å². The van der Waals surface area contributed by atoms with Gasteiger partial charge < -0.3 is 15.1 Å². The number of hydrogen-bond acceptors (Lipinski definition) is 5. The molecule has 1 spiro atoms. The third kappa shape index (κ3) is 5.26. The van der Waals surface area contributed by atoms with E-state index in [0.29, 0.717) is 36.1 Å². The molecule has 0 unspecified atom stereocenters. The molecule has 15 heteroatoms. The van der Waals surface area contributed by atoms with Crippen molar-refractivity contribution in [3.63, 3.8) is 0 Å². The molecule has 3 heterocycles. The van der Waals surface area contributed by atoms with Gasteiger partial charge in [-0.2, -0.15) is 13.2 Å². The van der Waals surface area contributed by atoms with Crippen molar-refractivity contribution in [1.29, 1.82) is 0 Å². The number of nitrogens with zero attached hydrogens (tertiary/aromatic N) is 5. The molecule has 5 rings (SSSR count). The van der Waals surface area contributed by atoms with Gasteiger partial charge >= 0.3 is 12.2 Å². The molecule has 2 amide bonds. The van der Waals surface area contributed by atoms with Gasteiger partial charge in [0.1, 0.15) is 39.2 Å². The van der Waals surface area contributed by atoms with Gasteiger partial charge in [0.25, 0.3) is 0 Å². The van der Waals surface area contributed by atoms with E-state index in [0.717, 1.165) is 38.3 Å². The molecule has 0 bridgehead atoms. The highest BCUT2D eigenvalue weighted by Gasteiger charge is 2.53. The Labute approximate surface area is 239 Å². The van der Waals surface area contributed by atoms with Crippen LogP contribution in [0.15, 0.2) is 12.4 Å². The number of amides is 2. The highest BCUT2D eigenvalue weighted by molar-refractivity contribution is 6.67. The first-order valence-electron chi connectivity index (χ1n) is 13.1. The second-order valence-corrected chi connectivity index (χ2v) is 11.5. The average molecular weight is 538 g/mol. The molecule has 2 atom stereocenters. The maximum absolute atomic E-state index is 13.2. The Morgan fingerprint density at radius 3 is 1.95 bits per heavy atom. The molecule has 40 heavy (non-hydrogen) atoms. The molecular formula is C25H26B5F3N6O. The second kappa shape index (κ2) is 10.4. The monoisotopic (exact) mass is 538 g/mol. The molecule has 1 saturated carbocycles. The van der Waals surface area contributed by atoms with E-state index in [2.05, 4.69) is 20.2 Å². The van der Waals surface area contributed by atoms with Crippen LogP contribution in [0.1, 0.15) is 37.8 Å². The zero-order chi connectivity index (χ0) is 29.1. The summed E-state index contributed by atoms with van der Waals surface area (Å²) in [5.41, 5.74) is 1.35. The molecule has 1 aromatic heterocycles. The van der Waals surface area contributed by atoms with Gasteiger partial charge in [0.15, 0.2) is 0 Å². The molecule has 7 nitrogen and oxygen atoms in total. The van der Waals surface area contributed by atoms with E-state index in [9.17, 15) is 18.0 Å². The number of alkyl halides is 3. The fraction of sp³-hybridized carbons (Fsp3) is 0.560. The van der Waals surface area contributed by atoms with Gasteiger partial charge in [-0.25, -0.2) is 14.8 Å². The Balaban J connectivity index is 1.11. The quantitative estimate of drug-likeness (QED) is 0.447. The van der Waals surface area contributed by atoms with Crippen molar-refractivity contribution in [1.82, 2.24) is 25.1 Å². The standard InChI is InChI=1S/C25H26B5F3N6O/c1-12-7-38(22-34-5-14(6-35-22)25(31,32)33)8-13(2)39(12)23(40)36-15-3-24(4-15)10-37(11-24)9-16-17(26)19(28)21(30)20(29)18(16)27/h5-6,12-13,15H,3-4,7-11H2,1-2H3,(H,36,40)/t12-,13+. The predicted molar refractivity (Wildman–Crippen MR) is 153 cm³/mol. The lowest BCUT2D eigenvalue weighted by Gasteiger charge is -2.59. The number of hydrogen-bond donors (Lipinski definition) is 1. The lowest BCUT2D eigenvalue weighted by Crippen LogP contribution is -2.68. The summed E-state index contributed by atoms with van der Waals surface area (Å²) in [6.45, 7) is 6.87. The molecular weight excluding hydrogens is 511 g/mol. The first kappa shape index (κ1) is 29.0. The van der Waals surface area contributed by atoms with Crippen molar-refractivity contribution < 1.29 is 18.0 Å². The molecule has 1 aliphatic carbocycles. The Bertz CT molecular complexity index is 1260. The number of aromatic nitrogens is 2. The molecule has 1 aromatic carbocycles. The minimum Gasteiger partial charge on any atom is -0.337 e. The van der Waals surface area contributed by atoms with Crippen LogP contribution in [0, 0.1) is 5.41 Å². The van der Waals surface area contributed by atoms with Crippen LogP contribution in [0.2, 0.25) is 0 Å². The number of halogens is 3. The van der Waals surface area contributed by atoms with Crippen LogP contribution in [0.4, 0.5) is 23.9 Å². The third-order valence-corrected chi connectivity index (χ3v) is 8.40. The third-order valence-electron chi connectivity index (χ3n) is 8.40. The number of benzene rings is 1. The topological polar surface area (TPSA) is 64.6 Å². The number of likely N-dealkylation sites (tertiary alicyclic amines) is 1. The first-order chi connectivity index (χ1) is 18.7. The van der Waals surface area contributed by atoms with Gasteiger partial charge in [-0.3, -0.25) is 4.90 Å². The van der Waals surface area contributed by atoms with Crippen LogP contribution in [-0.2, 0) is 12.7 Å². The SMILES string of the molecule is [B]c1c([B])c([B])c(CN2CC3(CC(NC(=O)N4[C@H](C)CN(c5ncc(C(F)(F)F)cn5)C[C@@H]4C)C3)C2)c([B])c1[B]. The lowest BCUT2D eigenvalue weighted by molar-refractivity contribution is -0.138. The van der Waals surface area contributed by atoms with Crippen molar-refractivity contribution >= 4 is 78.5 Å². The summed E-state index contributed by atoms with van der Waals surface area (Å²) in [6.07, 6.45) is -1.18. The molecule has 2 aliphatic heterocycles. The summed E-state index contributed by atoms with van der Waals surface area (Å²) in [6, 6.07) is -0.433. The maximum Gasteiger partial charge on any atom is 0.419 e. The first-order valence-corrected chi connectivity index (χ1v) is 13.1. The highest BCUT2D eigenvalue weighted by atomic mass is 19.4. The fourth-order valence-electron chi connectivity index (χ4n) is 6.43. The highest BCUT2D eigenvalue weighted by Crippen LogP contribution is 2.48. The summed E-state index contributed by atoms with van der Waals surface area (Å²) < 4.78 is 38.5. The smallest absolute Gasteiger partial charge is 0.337 e. The number of anilines is 1. The van der Waals surface area contributed by atoms with Crippen LogP contribution in [0.3, 0.4) is 0 Å². The van der Waals surface area contributed by atoms with E-state index in [1.165, 1.54) is 0 Å². The van der Waals surface area contributed by atoms with Crippen LogP contribution in [0.5, 0.6) is 0 Å². The maximum atomic E-state index is 13.2. The zero-order valence-corrected chi connectivity index (χ0v) is 22.5. The van der Waals surface area contributed by atoms with Crippen LogP contribution >= 0.6 is 0 Å². The fourth-order valence-corrected chi connectivity index (χ4v) is 6.43. The number of nitrogens with one attached hydrogen (secondary N) is 1. The van der Waals surface area contributed by atoms with Crippen molar-refractivity contribution in [3.8, 4) is 0 Å². The summed E-state index contributed by atoms with van der Waals surface area (Å²) in [5, 5.41) is 3.16. The van der Waals surface area contributed by atoms with Gasteiger partial charge in [0, 0.05) is 63.2 Å². The molecule has 2 saturated heterocycles. The number of carbonyl (C=O) groups is 1. The van der Waals surface area contributed by atoms with Gasteiger partial charge in [-0.05, 0) is 37.7 Å². The minimum absolute atomic E-state index is 0.0725. The Kier molecular flexibility index (Phi) is 7.51. The van der Waals surface area contributed by atoms with Crippen molar-refractivity contribution in [2.45, 2.75) is 57.5 Å². The average Bonchev–Trinajstić information content (AvgIpc) is 2.84. The van der Waals surface area contributed by atoms with Gasteiger partial charge in [-0.1, -0.05) is 0 Å². The summed E-state index contributed by atoms with van der Waals surface area (Å²) in [4.78, 5) is 26.8. The van der Waals surface area contributed by atoms with E-state index in [-0.39, 0.29) is 51.9 Å². The van der Waals surface area contributed by atoms with E-state index in [1.54, 1.807) is 4.90 Å². The summed E-state index contributed by atoms with van der Waals surface area (Å²) >= 11 is 0. The molecule has 1 N–H and O–H groups in total. The molecule has 3 aliphatic rings. The molecule has 10 radical (unpaired) electrons. The van der Waals surface area contributed by atoms with E-state index in [4.69, 9.17) is 39.2 Å². The zero-order valence-electron chi connectivity index (χ0n) is 22.5.